The second-order valence-electron chi connectivity index (χ2n) is 10.5. The summed E-state index contributed by atoms with van der Waals surface area (Å²) in [6.45, 7) is 0.792. The van der Waals surface area contributed by atoms with Crippen LogP contribution in [0.1, 0.15) is 42.5 Å². The van der Waals surface area contributed by atoms with Gasteiger partial charge in [-0.25, -0.2) is 24.6 Å². The van der Waals surface area contributed by atoms with Crippen LogP contribution in [0.3, 0.4) is 0 Å². The van der Waals surface area contributed by atoms with Gasteiger partial charge in [0.2, 0.25) is 5.91 Å². The number of aryl methyl sites for hydroxylation is 1. The lowest BCUT2D eigenvalue weighted by atomic mass is 9.85. The number of carboxylic acids is 1. The van der Waals surface area contributed by atoms with E-state index in [1.54, 1.807) is 12.3 Å². The maximum absolute atomic E-state index is 13.6. The molecule has 42 heavy (non-hydrogen) atoms. The van der Waals surface area contributed by atoms with Crippen LogP contribution < -0.4 is 11.1 Å². The van der Waals surface area contributed by atoms with E-state index in [1.807, 2.05) is 0 Å². The van der Waals surface area contributed by atoms with Gasteiger partial charge in [-0.2, -0.15) is 27.1 Å². The average molecular weight is 609 g/mol. The minimum atomic E-state index is -5.72. The van der Waals surface area contributed by atoms with Crippen molar-refractivity contribution in [3.63, 3.8) is 0 Å². The number of rotatable bonds is 8. The molecule has 1 amide bonds. The highest BCUT2D eigenvalue weighted by Crippen LogP contribution is 2.50. The molecule has 0 aromatic carbocycles. The highest BCUT2D eigenvalue weighted by molar-refractivity contribution is 7.10. The largest absolute Gasteiger partial charge is 0.481 e. The minimum Gasteiger partial charge on any atom is -0.481 e. The van der Waals surface area contributed by atoms with Gasteiger partial charge in [-0.3, -0.25) is 9.59 Å². The molecule has 0 radical (unpaired) electrons. The zero-order chi connectivity index (χ0) is 30.2. The van der Waals surface area contributed by atoms with E-state index in [2.05, 4.69) is 30.4 Å². The van der Waals surface area contributed by atoms with Crippen LogP contribution in [-0.2, 0) is 28.0 Å². The fourth-order valence-corrected chi connectivity index (χ4v) is 6.00. The molecule has 0 unspecified atom stereocenters. The highest BCUT2D eigenvalue weighted by Gasteiger charge is 2.57. The summed E-state index contributed by atoms with van der Waals surface area (Å²) in [5.41, 5.74) is 4.93. The average Bonchev–Trinajstić information content (AvgIpc) is 3.26. The molecule has 11 nitrogen and oxygen atoms in total. The molecule has 2 aliphatic rings. The number of aliphatic carboxylic acids is 1. The number of alkyl halides is 5. The molecule has 0 bridgehead atoms. The van der Waals surface area contributed by atoms with Gasteiger partial charge in [0.1, 0.15) is 27.8 Å². The van der Waals surface area contributed by atoms with Gasteiger partial charge in [-0.15, -0.1) is 11.3 Å². The van der Waals surface area contributed by atoms with Crippen molar-refractivity contribution < 1.29 is 36.6 Å². The van der Waals surface area contributed by atoms with Gasteiger partial charge in [0.25, 0.3) is 0 Å². The van der Waals surface area contributed by atoms with Gasteiger partial charge < -0.3 is 16.2 Å². The van der Waals surface area contributed by atoms with Crippen molar-refractivity contribution in [2.75, 3.05) is 11.1 Å². The third-order valence-electron chi connectivity index (χ3n) is 7.70. The third-order valence-corrected chi connectivity index (χ3v) is 8.81. The topological polar surface area (TPSA) is 162 Å². The second-order valence-corrected chi connectivity index (χ2v) is 11.4. The normalized spacial score (nSPS) is 19.6. The van der Waals surface area contributed by atoms with E-state index < -0.39 is 47.8 Å². The van der Waals surface area contributed by atoms with Gasteiger partial charge in [-0.1, -0.05) is 0 Å². The number of anilines is 2. The number of nitrogens with one attached hydrogen (secondary N) is 1. The lowest BCUT2D eigenvalue weighted by molar-refractivity contribution is -0.285. The van der Waals surface area contributed by atoms with Crippen LogP contribution in [0.5, 0.6) is 0 Å². The maximum Gasteiger partial charge on any atom is 0.453 e. The van der Waals surface area contributed by atoms with Gasteiger partial charge in [0.05, 0.1) is 22.1 Å². The molecule has 1 aliphatic heterocycles. The van der Waals surface area contributed by atoms with Gasteiger partial charge in [-0.05, 0) is 31.9 Å². The van der Waals surface area contributed by atoms with Crippen LogP contribution in [0.25, 0.3) is 22.6 Å². The van der Waals surface area contributed by atoms with E-state index in [-0.39, 0.29) is 46.2 Å². The van der Waals surface area contributed by atoms with E-state index in [1.165, 1.54) is 29.7 Å². The van der Waals surface area contributed by atoms with Gasteiger partial charge in [0.15, 0.2) is 11.5 Å². The molecule has 17 heteroatoms. The summed E-state index contributed by atoms with van der Waals surface area (Å²) in [4.78, 5) is 42.3. The Labute approximate surface area is 237 Å². The molecular formula is C25H21F5N8O3S. The zero-order valence-electron chi connectivity index (χ0n) is 21.7. The molecular weight excluding hydrogens is 587 g/mol. The van der Waals surface area contributed by atoms with Crippen molar-refractivity contribution >= 4 is 45.9 Å². The minimum absolute atomic E-state index is 0.0192. The molecule has 1 aliphatic carbocycles. The number of hydrogen-bond donors (Lipinski definition) is 3. The van der Waals surface area contributed by atoms with Crippen LogP contribution in [-0.4, -0.2) is 58.8 Å². The van der Waals surface area contributed by atoms with E-state index in [4.69, 9.17) is 5.73 Å². The summed E-state index contributed by atoms with van der Waals surface area (Å²) in [5.74, 6) is -6.48. The van der Waals surface area contributed by atoms with Crippen LogP contribution in [0.2, 0.25) is 0 Å². The number of nitrogens with zero attached hydrogens (tertiary/aromatic N) is 6. The number of carbonyl (C=O) groups is 2. The first-order valence-corrected chi connectivity index (χ1v) is 13.5. The predicted octanol–water partition coefficient (Wildman–Crippen LogP) is 4.18. The number of fused-ring (bicyclic) bond motifs is 2. The van der Waals surface area contributed by atoms with Crippen molar-refractivity contribution in [1.29, 1.82) is 0 Å². The lowest BCUT2D eigenvalue weighted by Gasteiger charge is -2.20. The fourth-order valence-electron chi connectivity index (χ4n) is 5.02. The molecule has 4 N–H and O–H groups in total. The van der Waals surface area contributed by atoms with Crippen molar-refractivity contribution in [3.05, 3.63) is 40.0 Å². The summed E-state index contributed by atoms with van der Waals surface area (Å²) in [7, 11) is 0. The van der Waals surface area contributed by atoms with Crippen molar-refractivity contribution in [2.45, 2.75) is 56.7 Å². The smallest absolute Gasteiger partial charge is 0.453 e. The number of nitrogen functional groups attached to an aromatic ring is 1. The first-order valence-electron chi connectivity index (χ1n) is 12.6. The van der Waals surface area contributed by atoms with E-state index in [0.29, 0.717) is 23.5 Å². The molecule has 6 rings (SSSR count). The Hall–Kier alpha value is -4.28. The van der Waals surface area contributed by atoms with Crippen LogP contribution in [0, 0.1) is 5.41 Å². The molecule has 1 atom stereocenters. The molecule has 0 spiro atoms. The van der Waals surface area contributed by atoms with Crippen molar-refractivity contribution in [1.82, 2.24) is 29.7 Å². The SMILES string of the molecule is C[C@]1(c2nc(CC3(C(=O)O)CC3)cs2)C(=O)Nc2nc(-c3nn(CCC(F)(F)C(F)(F)F)c4ncccc34)nc(N)c21. The second kappa shape index (κ2) is 9.11. The molecule has 4 aromatic rings. The van der Waals surface area contributed by atoms with E-state index >= 15 is 0 Å². The number of amides is 1. The Morgan fingerprint density at radius 2 is 1.95 bits per heavy atom. The molecule has 0 saturated heterocycles. The van der Waals surface area contributed by atoms with Crippen molar-refractivity contribution in [3.8, 4) is 11.5 Å². The number of carboxylic acid groups (broad SMARTS) is 1. The Morgan fingerprint density at radius 1 is 1.21 bits per heavy atom. The Bertz CT molecular complexity index is 1770. The lowest BCUT2D eigenvalue weighted by Crippen LogP contribution is -2.37. The summed E-state index contributed by atoms with van der Waals surface area (Å²) in [6.07, 6.45) is -4.63. The number of pyridine rings is 1. The fraction of sp³-hybridized carbons (Fsp3) is 0.400. The van der Waals surface area contributed by atoms with E-state index in [9.17, 15) is 36.6 Å². The highest BCUT2D eigenvalue weighted by atomic mass is 32.1. The van der Waals surface area contributed by atoms with Crippen LogP contribution >= 0.6 is 11.3 Å². The maximum atomic E-state index is 13.6. The van der Waals surface area contributed by atoms with Crippen LogP contribution in [0.4, 0.5) is 33.6 Å². The van der Waals surface area contributed by atoms with Crippen molar-refractivity contribution in [2.24, 2.45) is 5.41 Å². The molecule has 4 aromatic heterocycles. The molecule has 5 heterocycles. The van der Waals surface area contributed by atoms with Crippen LogP contribution in [0.15, 0.2) is 23.7 Å². The first kappa shape index (κ1) is 27.9. The quantitative estimate of drug-likeness (QED) is 0.249. The molecule has 220 valence electrons. The van der Waals surface area contributed by atoms with Gasteiger partial charge in [0, 0.05) is 31.0 Å². The predicted molar refractivity (Wildman–Crippen MR) is 139 cm³/mol. The summed E-state index contributed by atoms with van der Waals surface area (Å²) >= 11 is 1.18. The Kier molecular flexibility index (Phi) is 6.04. The Balaban J connectivity index is 1.36. The van der Waals surface area contributed by atoms with Gasteiger partial charge >= 0.3 is 18.1 Å². The monoisotopic (exact) mass is 608 g/mol. The number of carbonyl (C=O) groups excluding carboxylic acids is 1. The summed E-state index contributed by atoms with van der Waals surface area (Å²) in [5, 5.41) is 18.7. The number of hydrogen-bond acceptors (Lipinski definition) is 9. The third kappa shape index (κ3) is 4.24. The Morgan fingerprint density at radius 3 is 2.62 bits per heavy atom. The number of halogens is 5. The molecule has 1 saturated carbocycles. The first-order chi connectivity index (χ1) is 19.7. The number of thiazole rings is 1. The zero-order valence-corrected chi connectivity index (χ0v) is 22.5. The molecule has 1 fully saturated rings. The standard InChI is InChI=1S/C25H21F5N8O3S/c1-22(20-33-11(10-42-20)9-23(4-5-23)21(40)41)13-15(31)34-17(35-16(13)36-19(22)39)14-12-3-2-7-32-18(12)38(37-14)8-6-24(26,27)25(28,29)30/h2-3,7,10H,4-6,8-9H2,1H3,(H,40,41)(H3,31,34,35,36,39)/t22-/m1/s1. The summed E-state index contributed by atoms with van der Waals surface area (Å²) < 4.78 is 66.3. The number of aromatic nitrogens is 6. The number of nitrogens with two attached hydrogens (primary N) is 1. The summed E-state index contributed by atoms with van der Waals surface area (Å²) in [6, 6.07) is 3.05. The van der Waals surface area contributed by atoms with E-state index in [0.717, 1.165) is 4.68 Å².